The highest BCUT2D eigenvalue weighted by atomic mass is 16.2. The van der Waals surface area contributed by atoms with E-state index in [1.165, 1.54) is 12.4 Å². The van der Waals surface area contributed by atoms with E-state index >= 15 is 0 Å². The van der Waals surface area contributed by atoms with Gasteiger partial charge in [-0.1, -0.05) is 19.1 Å². The minimum absolute atomic E-state index is 0.169. The van der Waals surface area contributed by atoms with Gasteiger partial charge in [0, 0.05) is 23.3 Å². The highest BCUT2D eigenvalue weighted by Crippen LogP contribution is 2.20. The average molecular weight is 323 g/mol. The summed E-state index contributed by atoms with van der Waals surface area (Å²) in [6.45, 7) is 3.73. The maximum Gasteiger partial charge on any atom is 0.290 e. The van der Waals surface area contributed by atoms with Gasteiger partial charge in [0.25, 0.3) is 11.8 Å². The number of rotatable bonds is 3. The van der Waals surface area contributed by atoms with Crippen LogP contribution in [0.3, 0.4) is 0 Å². The third-order valence-corrected chi connectivity index (χ3v) is 3.77. The number of benzene rings is 1. The molecule has 0 aliphatic carbocycles. The summed E-state index contributed by atoms with van der Waals surface area (Å²) in [6, 6.07) is 7.66. The number of hydrogen-bond acceptors (Lipinski definition) is 4. The molecule has 7 nitrogen and oxygen atoms in total. The Labute approximate surface area is 138 Å². The first-order chi connectivity index (χ1) is 11.6. The number of carbonyl (C=O) groups is 2. The molecule has 3 rings (SSSR count). The molecule has 0 aliphatic heterocycles. The Morgan fingerprint density at radius 2 is 1.88 bits per heavy atom. The fourth-order valence-electron chi connectivity index (χ4n) is 2.52. The third kappa shape index (κ3) is 2.96. The van der Waals surface area contributed by atoms with E-state index in [9.17, 15) is 9.59 Å². The van der Waals surface area contributed by atoms with E-state index in [0.717, 1.165) is 22.9 Å². The summed E-state index contributed by atoms with van der Waals surface area (Å²) in [4.78, 5) is 35.3. The predicted molar refractivity (Wildman–Crippen MR) is 89.4 cm³/mol. The molecule has 2 amide bonds. The molecule has 2 heterocycles. The first-order valence-corrected chi connectivity index (χ1v) is 7.59. The van der Waals surface area contributed by atoms with Crippen LogP contribution in [0.15, 0.2) is 36.7 Å². The number of aryl methyl sites for hydroxylation is 2. The Morgan fingerprint density at radius 3 is 2.62 bits per heavy atom. The smallest absolute Gasteiger partial charge is 0.290 e. The van der Waals surface area contributed by atoms with Crippen LogP contribution in [0.5, 0.6) is 0 Å². The van der Waals surface area contributed by atoms with E-state index < -0.39 is 11.8 Å². The fourth-order valence-corrected chi connectivity index (χ4v) is 2.52. The summed E-state index contributed by atoms with van der Waals surface area (Å²) in [5.74, 6) is -0.942. The Bertz CT molecular complexity index is 916. The second-order valence-electron chi connectivity index (χ2n) is 5.31. The first-order valence-electron chi connectivity index (χ1n) is 7.59. The van der Waals surface area contributed by atoms with Crippen molar-refractivity contribution in [2.75, 3.05) is 0 Å². The van der Waals surface area contributed by atoms with Crippen LogP contribution in [0.25, 0.3) is 10.9 Å². The monoisotopic (exact) mass is 323 g/mol. The minimum Gasteiger partial charge on any atom is -0.350 e. The lowest BCUT2D eigenvalue weighted by atomic mass is 10.1. The van der Waals surface area contributed by atoms with E-state index in [2.05, 4.69) is 32.7 Å². The summed E-state index contributed by atoms with van der Waals surface area (Å²) >= 11 is 0. The summed E-state index contributed by atoms with van der Waals surface area (Å²) < 4.78 is 0. The zero-order chi connectivity index (χ0) is 17.1. The van der Waals surface area contributed by atoms with Gasteiger partial charge in [0.15, 0.2) is 5.69 Å². The highest BCUT2D eigenvalue weighted by molar-refractivity contribution is 6.01. The van der Waals surface area contributed by atoms with Gasteiger partial charge in [-0.3, -0.25) is 25.4 Å². The van der Waals surface area contributed by atoms with Crippen molar-refractivity contribution in [1.82, 2.24) is 25.8 Å². The summed E-state index contributed by atoms with van der Waals surface area (Å²) in [5, 5.41) is 1.00. The molecule has 1 aromatic carbocycles. The quantitative estimate of drug-likeness (QED) is 0.641. The molecule has 7 heteroatoms. The average Bonchev–Trinajstić information content (AvgIpc) is 3.04. The molecule has 0 saturated heterocycles. The van der Waals surface area contributed by atoms with Gasteiger partial charge in [-0.25, -0.2) is 4.98 Å². The van der Waals surface area contributed by atoms with Crippen LogP contribution in [0.4, 0.5) is 0 Å². The number of aromatic nitrogens is 3. The number of hydrazine groups is 1. The lowest BCUT2D eigenvalue weighted by Crippen LogP contribution is -2.42. The molecule has 0 saturated carbocycles. The summed E-state index contributed by atoms with van der Waals surface area (Å²) in [5.41, 5.74) is 7.81. The lowest BCUT2D eigenvalue weighted by molar-refractivity contribution is 0.0841. The Morgan fingerprint density at radius 1 is 1.12 bits per heavy atom. The van der Waals surface area contributed by atoms with Gasteiger partial charge in [0.1, 0.15) is 5.69 Å². The number of aromatic amines is 1. The molecule has 0 bridgehead atoms. The molecule has 3 aromatic rings. The fraction of sp³-hybridized carbons (Fsp3) is 0.176. The first kappa shape index (κ1) is 15.7. The van der Waals surface area contributed by atoms with Gasteiger partial charge in [-0.15, -0.1) is 0 Å². The van der Waals surface area contributed by atoms with Crippen molar-refractivity contribution < 1.29 is 9.59 Å². The summed E-state index contributed by atoms with van der Waals surface area (Å²) in [6.07, 6.45) is 3.80. The SMILES string of the molecule is CCc1cccc2[nH]c(C(=O)NNC(=O)c3nccnc3C)cc12. The van der Waals surface area contributed by atoms with Crippen molar-refractivity contribution in [3.8, 4) is 0 Å². The van der Waals surface area contributed by atoms with Crippen molar-refractivity contribution in [3.05, 3.63) is 59.3 Å². The summed E-state index contributed by atoms with van der Waals surface area (Å²) in [7, 11) is 0. The van der Waals surface area contributed by atoms with Crippen LogP contribution in [0.1, 0.15) is 39.2 Å². The minimum atomic E-state index is -0.515. The van der Waals surface area contributed by atoms with E-state index in [-0.39, 0.29) is 5.69 Å². The van der Waals surface area contributed by atoms with Crippen LogP contribution < -0.4 is 10.9 Å². The van der Waals surface area contributed by atoms with Crippen molar-refractivity contribution in [2.45, 2.75) is 20.3 Å². The van der Waals surface area contributed by atoms with E-state index in [0.29, 0.717) is 11.4 Å². The molecular formula is C17H17N5O2. The molecule has 0 spiro atoms. The largest absolute Gasteiger partial charge is 0.350 e. The van der Waals surface area contributed by atoms with Crippen molar-refractivity contribution in [2.24, 2.45) is 0 Å². The topological polar surface area (TPSA) is 99.8 Å². The molecule has 3 N–H and O–H groups in total. The second-order valence-corrected chi connectivity index (χ2v) is 5.31. The highest BCUT2D eigenvalue weighted by Gasteiger charge is 2.14. The Kier molecular flexibility index (Phi) is 4.24. The van der Waals surface area contributed by atoms with E-state index in [1.807, 2.05) is 18.2 Å². The van der Waals surface area contributed by atoms with Gasteiger partial charge in [-0.05, 0) is 31.0 Å². The maximum atomic E-state index is 12.2. The van der Waals surface area contributed by atoms with Gasteiger partial charge in [0.2, 0.25) is 0 Å². The standard InChI is InChI=1S/C17H17N5O2/c1-3-11-5-4-6-13-12(11)9-14(20-13)16(23)21-22-17(24)15-10(2)18-7-8-19-15/h4-9,20H,3H2,1-2H3,(H,21,23)(H,22,24). The van der Waals surface area contributed by atoms with Gasteiger partial charge in [0.05, 0.1) is 5.69 Å². The van der Waals surface area contributed by atoms with Crippen LogP contribution in [-0.4, -0.2) is 26.8 Å². The van der Waals surface area contributed by atoms with Gasteiger partial charge in [-0.2, -0.15) is 0 Å². The molecule has 0 unspecified atom stereocenters. The van der Waals surface area contributed by atoms with Crippen LogP contribution in [0.2, 0.25) is 0 Å². The number of hydrogen-bond donors (Lipinski definition) is 3. The Balaban J connectivity index is 1.74. The molecule has 0 atom stereocenters. The van der Waals surface area contributed by atoms with Crippen molar-refractivity contribution in [3.63, 3.8) is 0 Å². The molecule has 24 heavy (non-hydrogen) atoms. The van der Waals surface area contributed by atoms with E-state index in [4.69, 9.17) is 0 Å². The van der Waals surface area contributed by atoms with Gasteiger partial charge >= 0.3 is 0 Å². The normalized spacial score (nSPS) is 10.6. The maximum absolute atomic E-state index is 12.2. The van der Waals surface area contributed by atoms with Gasteiger partial charge < -0.3 is 4.98 Å². The number of fused-ring (bicyclic) bond motifs is 1. The van der Waals surface area contributed by atoms with E-state index in [1.54, 1.807) is 13.0 Å². The number of carbonyl (C=O) groups excluding carboxylic acids is 2. The number of nitrogens with one attached hydrogen (secondary N) is 3. The number of nitrogens with zero attached hydrogens (tertiary/aromatic N) is 2. The zero-order valence-electron chi connectivity index (χ0n) is 13.4. The molecule has 122 valence electrons. The molecule has 0 radical (unpaired) electrons. The van der Waals surface area contributed by atoms with Crippen LogP contribution in [-0.2, 0) is 6.42 Å². The molecular weight excluding hydrogens is 306 g/mol. The van der Waals surface area contributed by atoms with Crippen LogP contribution in [0, 0.1) is 6.92 Å². The van der Waals surface area contributed by atoms with Crippen LogP contribution >= 0.6 is 0 Å². The Hall–Kier alpha value is -3.22. The molecule has 2 aromatic heterocycles. The molecule has 0 aliphatic rings. The predicted octanol–water partition coefficient (Wildman–Crippen LogP) is 1.90. The zero-order valence-corrected chi connectivity index (χ0v) is 13.4. The third-order valence-electron chi connectivity index (χ3n) is 3.77. The molecule has 0 fully saturated rings. The van der Waals surface area contributed by atoms with Crippen molar-refractivity contribution >= 4 is 22.7 Å². The second kappa shape index (κ2) is 6.49. The number of H-pyrrole nitrogens is 1. The lowest BCUT2D eigenvalue weighted by Gasteiger charge is -2.06. The van der Waals surface area contributed by atoms with Crippen molar-refractivity contribution in [1.29, 1.82) is 0 Å². The number of amides is 2.